The molecule has 3 aromatic rings. The molecule has 1 amide bonds. The fourth-order valence-electron chi connectivity index (χ4n) is 2.51. The molecular formula is C19H18N2O3. The van der Waals surface area contributed by atoms with Gasteiger partial charge in [0.1, 0.15) is 11.3 Å². The van der Waals surface area contributed by atoms with Gasteiger partial charge in [0.25, 0.3) is 5.91 Å². The van der Waals surface area contributed by atoms with Gasteiger partial charge in [-0.05, 0) is 18.1 Å². The molecular weight excluding hydrogens is 304 g/mol. The van der Waals surface area contributed by atoms with E-state index in [0.29, 0.717) is 24.3 Å². The van der Waals surface area contributed by atoms with Crippen LogP contribution in [0.4, 0.5) is 0 Å². The van der Waals surface area contributed by atoms with Crippen molar-refractivity contribution < 1.29 is 14.1 Å². The van der Waals surface area contributed by atoms with Gasteiger partial charge in [-0.25, -0.2) is 0 Å². The molecule has 0 fully saturated rings. The van der Waals surface area contributed by atoms with Crippen molar-refractivity contribution in [1.29, 1.82) is 0 Å². The van der Waals surface area contributed by atoms with Crippen molar-refractivity contribution in [2.24, 2.45) is 0 Å². The van der Waals surface area contributed by atoms with Crippen molar-refractivity contribution in [3.63, 3.8) is 0 Å². The summed E-state index contributed by atoms with van der Waals surface area (Å²) in [6, 6.07) is 17.2. The monoisotopic (exact) mass is 322 g/mol. The van der Waals surface area contributed by atoms with Crippen molar-refractivity contribution in [2.75, 3.05) is 13.7 Å². The Morgan fingerprint density at radius 2 is 1.88 bits per heavy atom. The number of nitrogens with zero attached hydrogens (tertiary/aromatic N) is 1. The summed E-state index contributed by atoms with van der Waals surface area (Å²) in [6.45, 7) is 0.499. The maximum Gasteiger partial charge on any atom is 0.256 e. The minimum Gasteiger partial charge on any atom is -0.496 e. The standard InChI is InChI=1S/C19H18N2O3/c1-23-17-10-6-5-7-14(17)11-12-20-19(22)16-13-21-24-18(16)15-8-3-2-4-9-15/h2-10,13H,11-12H2,1H3,(H,20,22). The van der Waals surface area contributed by atoms with Crippen LogP contribution in [-0.4, -0.2) is 24.7 Å². The van der Waals surface area contributed by atoms with Gasteiger partial charge in [-0.2, -0.15) is 0 Å². The lowest BCUT2D eigenvalue weighted by atomic mass is 10.1. The van der Waals surface area contributed by atoms with Crippen molar-refractivity contribution in [3.8, 4) is 17.1 Å². The molecule has 0 bridgehead atoms. The molecule has 2 aromatic carbocycles. The van der Waals surface area contributed by atoms with Crippen LogP contribution in [0.2, 0.25) is 0 Å². The van der Waals surface area contributed by atoms with E-state index in [-0.39, 0.29) is 5.91 Å². The Hall–Kier alpha value is -3.08. The number of methoxy groups -OCH3 is 1. The van der Waals surface area contributed by atoms with E-state index in [2.05, 4.69) is 10.5 Å². The molecule has 0 aliphatic heterocycles. The van der Waals surface area contributed by atoms with Gasteiger partial charge >= 0.3 is 0 Å². The number of nitrogens with one attached hydrogen (secondary N) is 1. The van der Waals surface area contributed by atoms with Crippen molar-refractivity contribution in [3.05, 3.63) is 71.9 Å². The largest absolute Gasteiger partial charge is 0.496 e. The van der Waals surface area contributed by atoms with Gasteiger partial charge in [0.2, 0.25) is 0 Å². The van der Waals surface area contributed by atoms with E-state index in [4.69, 9.17) is 9.26 Å². The van der Waals surface area contributed by atoms with Gasteiger partial charge in [-0.15, -0.1) is 0 Å². The molecule has 0 radical (unpaired) electrons. The topological polar surface area (TPSA) is 64.4 Å². The number of carbonyl (C=O) groups excluding carboxylic acids is 1. The molecule has 0 aliphatic rings. The van der Waals surface area contributed by atoms with E-state index in [1.54, 1.807) is 7.11 Å². The highest BCUT2D eigenvalue weighted by Crippen LogP contribution is 2.23. The van der Waals surface area contributed by atoms with Gasteiger partial charge in [0.15, 0.2) is 5.76 Å². The minimum atomic E-state index is -0.204. The first-order valence-electron chi connectivity index (χ1n) is 7.70. The number of para-hydroxylation sites is 1. The van der Waals surface area contributed by atoms with Crippen LogP contribution >= 0.6 is 0 Å². The number of carbonyl (C=O) groups is 1. The summed E-state index contributed by atoms with van der Waals surface area (Å²) >= 11 is 0. The van der Waals surface area contributed by atoms with Crippen LogP contribution in [0.15, 0.2) is 65.3 Å². The van der Waals surface area contributed by atoms with Crippen LogP contribution < -0.4 is 10.1 Å². The van der Waals surface area contributed by atoms with Gasteiger partial charge in [-0.1, -0.05) is 53.7 Å². The summed E-state index contributed by atoms with van der Waals surface area (Å²) in [5.41, 5.74) is 2.31. The number of ether oxygens (including phenoxy) is 1. The summed E-state index contributed by atoms with van der Waals surface area (Å²) in [7, 11) is 1.64. The second-order valence-electron chi connectivity index (χ2n) is 5.25. The highest BCUT2D eigenvalue weighted by Gasteiger charge is 2.17. The zero-order valence-electron chi connectivity index (χ0n) is 13.4. The number of hydrogen-bond donors (Lipinski definition) is 1. The highest BCUT2D eigenvalue weighted by atomic mass is 16.5. The van der Waals surface area contributed by atoms with E-state index in [1.807, 2.05) is 54.6 Å². The van der Waals surface area contributed by atoms with Crippen molar-refractivity contribution in [2.45, 2.75) is 6.42 Å². The molecule has 0 saturated carbocycles. The predicted molar refractivity (Wildman–Crippen MR) is 91.0 cm³/mol. The van der Waals surface area contributed by atoms with Gasteiger partial charge in [0, 0.05) is 12.1 Å². The Bertz CT molecular complexity index is 812. The summed E-state index contributed by atoms with van der Waals surface area (Å²) in [5.74, 6) is 1.09. The first kappa shape index (κ1) is 15.8. The molecule has 24 heavy (non-hydrogen) atoms. The molecule has 5 heteroatoms. The van der Waals surface area contributed by atoms with Crippen LogP contribution in [0.25, 0.3) is 11.3 Å². The third-order valence-electron chi connectivity index (χ3n) is 3.72. The SMILES string of the molecule is COc1ccccc1CCNC(=O)c1cnoc1-c1ccccc1. The van der Waals surface area contributed by atoms with E-state index in [0.717, 1.165) is 16.9 Å². The van der Waals surface area contributed by atoms with E-state index in [9.17, 15) is 4.79 Å². The Balaban J connectivity index is 1.65. The Morgan fingerprint density at radius 1 is 1.12 bits per heavy atom. The first-order chi connectivity index (χ1) is 11.8. The lowest BCUT2D eigenvalue weighted by molar-refractivity contribution is 0.0954. The fourth-order valence-corrected chi connectivity index (χ4v) is 2.51. The lowest BCUT2D eigenvalue weighted by Crippen LogP contribution is -2.25. The van der Waals surface area contributed by atoms with E-state index >= 15 is 0 Å². The summed E-state index contributed by atoms with van der Waals surface area (Å²) in [5, 5.41) is 6.66. The zero-order chi connectivity index (χ0) is 16.8. The maximum absolute atomic E-state index is 12.4. The molecule has 0 aliphatic carbocycles. The predicted octanol–water partition coefficient (Wildman–Crippen LogP) is 3.32. The molecule has 3 rings (SSSR count). The van der Waals surface area contributed by atoms with Crippen LogP contribution in [-0.2, 0) is 6.42 Å². The highest BCUT2D eigenvalue weighted by molar-refractivity contribution is 5.99. The summed E-state index contributed by atoms with van der Waals surface area (Å²) < 4.78 is 10.6. The van der Waals surface area contributed by atoms with E-state index in [1.165, 1.54) is 6.20 Å². The van der Waals surface area contributed by atoms with Crippen LogP contribution in [0, 0.1) is 0 Å². The third-order valence-corrected chi connectivity index (χ3v) is 3.72. The van der Waals surface area contributed by atoms with Gasteiger partial charge in [0.05, 0.1) is 13.3 Å². The molecule has 0 spiro atoms. The van der Waals surface area contributed by atoms with E-state index < -0.39 is 0 Å². The Morgan fingerprint density at radius 3 is 2.67 bits per heavy atom. The maximum atomic E-state index is 12.4. The molecule has 0 unspecified atom stereocenters. The average molecular weight is 322 g/mol. The fraction of sp³-hybridized carbons (Fsp3) is 0.158. The molecule has 1 N–H and O–H groups in total. The number of rotatable bonds is 6. The van der Waals surface area contributed by atoms with Crippen molar-refractivity contribution in [1.82, 2.24) is 10.5 Å². The van der Waals surface area contributed by atoms with Crippen LogP contribution in [0.5, 0.6) is 5.75 Å². The number of benzene rings is 2. The Labute approximate surface area is 140 Å². The number of hydrogen-bond acceptors (Lipinski definition) is 4. The molecule has 1 aromatic heterocycles. The number of amides is 1. The first-order valence-corrected chi connectivity index (χ1v) is 7.70. The molecule has 122 valence electrons. The Kier molecular flexibility index (Phi) is 4.91. The second kappa shape index (κ2) is 7.46. The second-order valence-corrected chi connectivity index (χ2v) is 5.25. The molecule has 0 saturated heterocycles. The summed E-state index contributed by atoms with van der Waals surface area (Å²) in [4.78, 5) is 12.4. The van der Waals surface area contributed by atoms with Crippen molar-refractivity contribution >= 4 is 5.91 Å². The quantitative estimate of drug-likeness (QED) is 0.756. The minimum absolute atomic E-state index is 0.204. The van der Waals surface area contributed by atoms with Crippen LogP contribution in [0.3, 0.4) is 0 Å². The van der Waals surface area contributed by atoms with Crippen LogP contribution in [0.1, 0.15) is 15.9 Å². The smallest absolute Gasteiger partial charge is 0.256 e. The van der Waals surface area contributed by atoms with Gasteiger partial charge in [-0.3, -0.25) is 4.79 Å². The normalized spacial score (nSPS) is 10.4. The molecule has 0 atom stereocenters. The molecule has 1 heterocycles. The summed E-state index contributed by atoms with van der Waals surface area (Å²) in [6.07, 6.45) is 2.13. The molecule has 5 nitrogen and oxygen atoms in total. The number of aromatic nitrogens is 1. The lowest BCUT2D eigenvalue weighted by Gasteiger charge is -2.09. The zero-order valence-corrected chi connectivity index (χ0v) is 13.4. The van der Waals surface area contributed by atoms with Gasteiger partial charge < -0.3 is 14.6 Å². The average Bonchev–Trinajstić information content (AvgIpc) is 3.12. The third kappa shape index (κ3) is 3.46.